The number of hydrogen-bond acceptors (Lipinski definition) is 2. The van der Waals surface area contributed by atoms with Crippen LogP contribution < -0.4 is 5.73 Å². The van der Waals surface area contributed by atoms with Crippen molar-refractivity contribution in [2.75, 3.05) is 0 Å². The Labute approximate surface area is 134 Å². The predicted octanol–water partition coefficient (Wildman–Crippen LogP) is 4.21. The minimum absolute atomic E-state index is 0.333. The number of aromatic hydroxyl groups is 1. The minimum Gasteiger partial charge on any atom is -0.508 e. The van der Waals surface area contributed by atoms with Crippen LogP contribution in [0.5, 0.6) is 5.75 Å². The first-order valence-corrected chi connectivity index (χ1v) is 9.08. The minimum atomic E-state index is 0.333. The number of phenols is 1. The number of phenolic OH excluding ortho intramolecular Hbond substituents is 1. The zero-order valence-electron chi connectivity index (χ0n) is 13.9. The second kappa shape index (κ2) is 4.99. The van der Waals surface area contributed by atoms with Crippen molar-refractivity contribution in [2.45, 2.75) is 64.3 Å². The Hall–Kier alpha value is -1.02. The van der Waals surface area contributed by atoms with E-state index in [1.807, 2.05) is 12.1 Å². The van der Waals surface area contributed by atoms with Crippen molar-refractivity contribution in [3.8, 4) is 5.75 Å². The topological polar surface area (TPSA) is 46.2 Å². The Bertz CT molecular complexity index is 581. The fourth-order valence-corrected chi connectivity index (χ4v) is 6.47. The molecule has 4 rings (SSSR count). The molecule has 3 aliphatic carbocycles. The predicted molar refractivity (Wildman–Crippen MR) is 89.9 cm³/mol. The number of fused-ring (bicyclic) bond motifs is 5. The molecule has 3 aliphatic rings. The van der Waals surface area contributed by atoms with E-state index in [4.69, 9.17) is 5.73 Å². The van der Waals surface area contributed by atoms with Crippen molar-refractivity contribution in [1.82, 2.24) is 0 Å². The molecular weight excluding hydrogens is 270 g/mol. The Morgan fingerprint density at radius 1 is 1.23 bits per heavy atom. The van der Waals surface area contributed by atoms with E-state index in [0.717, 1.165) is 18.3 Å². The monoisotopic (exact) mass is 299 g/mol. The van der Waals surface area contributed by atoms with Gasteiger partial charge in [-0.25, -0.2) is 0 Å². The van der Waals surface area contributed by atoms with Gasteiger partial charge in [0.05, 0.1) is 0 Å². The SMILES string of the molecule is C[C@@H](N)[C@H]1CC[C@H]2[C@H]3CCc4cc(O)ccc4[C@@H]3CC[C@]12C. The molecule has 0 aromatic heterocycles. The van der Waals surface area contributed by atoms with Gasteiger partial charge < -0.3 is 10.8 Å². The molecule has 0 unspecified atom stereocenters. The Morgan fingerprint density at radius 2 is 2.05 bits per heavy atom. The molecule has 1 aromatic carbocycles. The molecule has 2 heteroatoms. The van der Waals surface area contributed by atoms with Crippen molar-refractivity contribution in [3.63, 3.8) is 0 Å². The Morgan fingerprint density at radius 3 is 2.82 bits per heavy atom. The van der Waals surface area contributed by atoms with Crippen molar-refractivity contribution < 1.29 is 5.11 Å². The van der Waals surface area contributed by atoms with E-state index >= 15 is 0 Å². The summed E-state index contributed by atoms with van der Waals surface area (Å²) in [7, 11) is 0. The maximum absolute atomic E-state index is 9.76. The van der Waals surface area contributed by atoms with Crippen LogP contribution in [0, 0.1) is 23.2 Å². The quantitative estimate of drug-likeness (QED) is 0.816. The Kier molecular flexibility index (Phi) is 3.30. The highest BCUT2D eigenvalue weighted by Crippen LogP contribution is 2.63. The first-order chi connectivity index (χ1) is 10.5. The summed E-state index contributed by atoms with van der Waals surface area (Å²) in [4.78, 5) is 0. The molecule has 1 aromatic rings. The lowest BCUT2D eigenvalue weighted by molar-refractivity contribution is 0.0224. The van der Waals surface area contributed by atoms with Crippen LogP contribution in [-0.4, -0.2) is 11.1 Å². The van der Waals surface area contributed by atoms with E-state index in [2.05, 4.69) is 19.9 Å². The highest BCUT2D eigenvalue weighted by molar-refractivity contribution is 5.40. The van der Waals surface area contributed by atoms with E-state index in [-0.39, 0.29) is 0 Å². The summed E-state index contributed by atoms with van der Waals surface area (Å²) in [6, 6.07) is 6.41. The lowest BCUT2D eigenvalue weighted by Crippen LogP contribution is -2.46. The summed E-state index contributed by atoms with van der Waals surface area (Å²) in [5.41, 5.74) is 9.71. The second-order valence-electron chi connectivity index (χ2n) is 8.39. The summed E-state index contributed by atoms with van der Waals surface area (Å²) >= 11 is 0. The van der Waals surface area contributed by atoms with Crippen molar-refractivity contribution in [1.29, 1.82) is 0 Å². The van der Waals surface area contributed by atoms with Gasteiger partial charge in [0.2, 0.25) is 0 Å². The molecule has 2 saturated carbocycles. The largest absolute Gasteiger partial charge is 0.508 e. The summed E-state index contributed by atoms with van der Waals surface area (Å²) in [5, 5.41) is 9.76. The van der Waals surface area contributed by atoms with Crippen LogP contribution in [0.25, 0.3) is 0 Å². The van der Waals surface area contributed by atoms with Crippen LogP contribution in [0.15, 0.2) is 18.2 Å². The lowest BCUT2D eigenvalue weighted by Gasteiger charge is -2.51. The molecule has 0 radical (unpaired) electrons. The molecule has 0 amide bonds. The number of hydrogen-bond donors (Lipinski definition) is 2. The lowest BCUT2D eigenvalue weighted by atomic mass is 9.53. The molecule has 22 heavy (non-hydrogen) atoms. The van der Waals surface area contributed by atoms with E-state index in [9.17, 15) is 5.11 Å². The molecule has 0 saturated heterocycles. The molecule has 0 heterocycles. The van der Waals surface area contributed by atoms with Crippen LogP contribution in [-0.2, 0) is 6.42 Å². The third-order valence-electron chi connectivity index (χ3n) is 7.42. The maximum Gasteiger partial charge on any atom is 0.115 e. The molecular formula is C20H29NO. The average Bonchev–Trinajstić information content (AvgIpc) is 2.84. The first-order valence-electron chi connectivity index (χ1n) is 9.08. The van der Waals surface area contributed by atoms with E-state index in [1.54, 1.807) is 0 Å². The van der Waals surface area contributed by atoms with E-state index in [0.29, 0.717) is 29.0 Å². The van der Waals surface area contributed by atoms with Gasteiger partial charge in [-0.3, -0.25) is 0 Å². The summed E-state index contributed by atoms with van der Waals surface area (Å²) < 4.78 is 0. The van der Waals surface area contributed by atoms with Crippen LogP contribution >= 0.6 is 0 Å². The van der Waals surface area contributed by atoms with Gasteiger partial charge in [0.15, 0.2) is 0 Å². The standard InChI is InChI=1S/C20H29NO/c1-12(21)18-7-8-19-17-5-3-13-11-14(22)4-6-15(13)16(17)9-10-20(18,19)2/h4,6,11-12,16-19,22H,3,5,7-10,21H2,1-2H3/t12-,16+,17+,18-,19+,20-/m1/s1. The number of nitrogens with two attached hydrogens (primary N) is 1. The smallest absolute Gasteiger partial charge is 0.115 e. The van der Waals surface area contributed by atoms with E-state index in [1.165, 1.54) is 43.2 Å². The van der Waals surface area contributed by atoms with Gasteiger partial charge in [-0.1, -0.05) is 13.0 Å². The summed E-state index contributed by atoms with van der Waals surface area (Å²) in [6.07, 6.45) is 7.76. The normalized spacial score (nSPS) is 41.4. The van der Waals surface area contributed by atoms with Gasteiger partial charge in [0, 0.05) is 6.04 Å². The molecule has 3 N–H and O–H groups in total. The molecule has 0 spiro atoms. The first kappa shape index (κ1) is 14.6. The third kappa shape index (κ3) is 1.96. The molecule has 2 fully saturated rings. The fraction of sp³-hybridized carbons (Fsp3) is 0.700. The van der Waals surface area contributed by atoms with Gasteiger partial charge in [0.1, 0.15) is 5.75 Å². The van der Waals surface area contributed by atoms with Crippen LogP contribution in [0.1, 0.15) is 63.0 Å². The van der Waals surface area contributed by atoms with Gasteiger partial charge in [-0.2, -0.15) is 0 Å². The van der Waals surface area contributed by atoms with Crippen molar-refractivity contribution in [2.24, 2.45) is 28.9 Å². The van der Waals surface area contributed by atoms with Gasteiger partial charge in [-0.05, 0) is 97.8 Å². The van der Waals surface area contributed by atoms with Gasteiger partial charge >= 0.3 is 0 Å². The summed E-state index contributed by atoms with van der Waals surface area (Å²) in [6.45, 7) is 4.74. The second-order valence-corrected chi connectivity index (χ2v) is 8.39. The van der Waals surface area contributed by atoms with Gasteiger partial charge in [-0.15, -0.1) is 0 Å². The number of aryl methyl sites for hydroxylation is 1. The maximum atomic E-state index is 9.76. The molecule has 120 valence electrons. The van der Waals surface area contributed by atoms with Crippen LogP contribution in [0.4, 0.5) is 0 Å². The van der Waals surface area contributed by atoms with E-state index < -0.39 is 0 Å². The zero-order chi connectivity index (χ0) is 15.5. The van der Waals surface area contributed by atoms with Gasteiger partial charge in [0.25, 0.3) is 0 Å². The molecule has 0 bridgehead atoms. The van der Waals surface area contributed by atoms with Crippen molar-refractivity contribution >= 4 is 0 Å². The molecule has 6 atom stereocenters. The average molecular weight is 299 g/mol. The van der Waals surface area contributed by atoms with Crippen LogP contribution in [0.3, 0.4) is 0 Å². The van der Waals surface area contributed by atoms with Crippen molar-refractivity contribution in [3.05, 3.63) is 29.3 Å². The highest BCUT2D eigenvalue weighted by atomic mass is 16.3. The highest BCUT2D eigenvalue weighted by Gasteiger charge is 2.55. The number of benzene rings is 1. The zero-order valence-corrected chi connectivity index (χ0v) is 13.9. The summed E-state index contributed by atoms with van der Waals surface area (Å²) in [5.74, 6) is 3.54. The van der Waals surface area contributed by atoms with Crippen LogP contribution in [0.2, 0.25) is 0 Å². The molecule has 2 nitrogen and oxygen atoms in total. The number of rotatable bonds is 1. The molecule has 0 aliphatic heterocycles. The Balaban J connectivity index is 1.67. The fourth-order valence-electron chi connectivity index (χ4n) is 6.47. The third-order valence-corrected chi connectivity index (χ3v) is 7.42.